The van der Waals surface area contributed by atoms with Crippen LogP contribution < -0.4 is 5.32 Å². The Hall–Kier alpha value is -0.970. The third-order valence-corrected chi connectivity index (χ3v) is 4.05. The third kappa shape index (κ3) is 5.38. The molecule has 1 aliphatic rings. The van der Waals surface area contributed by atoms with E-state index in [4.69, 9.17) is 4.74 Å². The molecule has 21 heavy (non-hydrogen) atoms. The van der Waals surface area contributed by atoms with E-state index in [1.807, 2.05) is 12.1 Å². The van der Waals surface area contributed by atoms with E-state index < -0.39 is 0 Å². The lowest BCUT2D eigenvalue weighted by atomic mass is 10.1. The molecule has 3 nitrogen and oxygen atoms in total. The maximum atomic E-state index is 12.9. The van der Waals surface area contributed by atoms with E-state index in [-0.39, 0.29) is 11.9 Å². The van der Waals surface area contributed by atoms with Crippen LogP contribution in [0.1, 0.15) is 26.3 Å². The van der Waals surface area contributed by atoms with Crippen LogP contribution in [0.15, 0.2) is 24.3 Å². The second-order valence-corrected chi connectivity index (χ2v) is 6.22. The number of benzene rings is 1. The molecule has 0 saturated carbocycles. The fourth-order valence-electron chi connectivity index (χ4n) is 2.71. The van der Waals surface area contributed by atoms with Crippen molar-refractivity contribution in [2.45, 2.75) is 45.4 Å². The standard InChI is InChI=1S/C17H27FN2O/c1-13(2)20-8-9-21-17(12-20)11-19-14(3)10-15-4-6-16(18)7-5-15/h4-7,13-14,17,19H,8-12H2,1-3H3. The predicted molar refractivity (Wildman–Crippen MR) is 84.0 cm³/mol. The molecular weight excluding hydrogens is 267 g/mol. The summed E-state index contributed by atoms with van der Waals surface area (Å²) in [5, 5.41) is 3.53. The van der Waals surface area contributed by atoms with E-state index in [9.17, 15) is 4.39 Å². The van der Waals surface area contributed by atoms with Crippen molar-refractivity contribution in [3.63, 3.8) is 0 Å². The van der Waals surface area contributed by atoms with E-state index in [1.165, 1.54) is 12.1 Å². The summed E-state index contributed by atoms with van der Waals surface area (Å²) in [6.45, 7) is 10.3. The number of hydrogen-bond donors (Lipinski definition) is 1. The highest BCUT2D eigenvalue weighted by atomic mass is 19.1. The quantitative estimate of drug-likeness (QED) is 0.872. The molecule has 4 heteroatoms. The molecule has 1 aromatic rings. The minimum absolute atomic E-state index is 0.177. The summed E-state index contributed by atoms with van der Waals surface area (Å²) in [6.07, 6.45) is 1.16. The molecule has 1 fully saturated rings. The highest BCUT2D eigenvalue weighted by Crippen LogP contribution is 2.09. The van der Waals surface area contributed by atoms with Gasteiger partial charge in [-0.05, 0) is 44.9 Å². The Morgan fingerprint density at radius 1 is 1.29 bits per heavy atom. The van der Waals surface area contributed by atoms with Crippen molar-refractivity contribution in [1.82, 2.24) is 10.2 Å². The van der Waals surface area contributed by atoms with Gasteiger partial charge in [-0.3, -0.25) is 4.90 Å². The van der Waals surface area contributed by atoms with Gasteiger partial charge in [-0.2, -0.15) is 0 Å². The van der Waals surface area contributed by atoms with Crippen molar-refractivity contribution < 1.29 is 9.13 Å². The summed E-state index contributed by atoms with van der Waals surface area (Å²) in [5.41, 5.74) is 1.16. The topological polar surface area (TPSA) is 24.5 Å². The highest BCUT2D eigenvalue weighted by Gasteiger charge is 2.22. The number of hydrogen-bond acceptors (Lipinski definition) is 3. The van der Waals surface area contributed by atoms with Gasteiger partial charge in [0.05, 0.1) is 12.7 Å². The SMILES string of the molecule is CC(Cc1ccc(F)cc1)NCC1CN(C(C)C)CCO1. The van der Waals surface area contributed by atoms with Crippen LogP contribution in [0.4, 0.5) is 4.39 Å². The lowest BCUT2D eigenvalue weighted by molar-refractivity contribution is -0.0379. The summed E-state index contributed by atoms with van der Waals surface area (Å²) in [7, 11) is 0. The van der Waals surface area contributed by atoms with Crippen LogP contribution in [0.25, 0.3) is 0 Å². The number of morpholine rings is 1. The fourth-order valence-corrected chi connectivity index (χ4v) is 2.71. The predicted octanol–water partition coefficient (Wildman–Crippen LogP) is 2.46. The maximum absolute atomic E-state index is 12.9. The smallest absolute Gasteiger partial charge is 0.123 e. The van der Waals surface area contributed by atoms with Gasteiger partial charge >= 0.3 is 0 Å². The summed E-state index contributed by atoms with van der Waals surface area (Å²) in [5.74, 6) is -0.177. The van der Waals surface area contributed by atoms with Crippen molar-refractivity contribution in [1.29, 1.82) is 0 Å². The Bertz CT molecular complexity index is 421. The first-order valence-corrected chi connectivity index (χ1v) is 7.88. The zero-order valence-electron chi connectivity index (χ0n) is 13.3. The van der Waals surface area contributed by atoms with Crippen molar-refractivity contribution in [2.75, 3.05) is 26.2 Å². The molecular formula is C17H27FN2O. The Labute approximate surface area is 127 Å². The molecule has 1 aliphatic heterocycles. The Morgan fingerprint density at radius 3 is 2.67 bits per heavy atom. The minimum atomic E-state index is -0.177. The zero-order valence-corrected chi connectivity index (χ0v) is 13.3. The second-order valence-electron chi connectivity index (χ2n) is 6.22. The van der Waals surface area contributed by atoms with E-state index in [1.54, 1.807) is 0 Å². The number of nitrogens with zero attached hydrogens (tertiary/aromatic N) is 1. The largest absolute Gasteiger partial charge is 0.374 e. The van der Waals surface area contributed by atoms with Gasteiger partial charge in [0, 0.05) is 31.7 Å². The summed E-state index contributed by atoms with van der Waals surface area (Å²) in [6, 6.07) is 7.68. The van der Waals surface area contributed by atoms with Crippen LogP contribution in [0.2, 0.25) is 0 Å². The van der Waals surface area contributed by atoms with Gasteiger partial charge in [-0.1, -0.05) is 12.1 Å². The first-order valence-electron chi connectivity index (χ1n) is 7.88. The molecule has 0 aromatic heterocycles. The summed E-state index contributed by atoms with van der Waals surface area (Å²) < 4.78 is 18.7. The lowest BCUT2D eigenvalue weighted by Crippen LogP contribution is -2.50. The average molecular weight is 294 g/mol. The van der Waals surface area contributed by atoms with Crippen LogP contribution in [0.5, 0.6) is 0 Å². The van der Waals surface area contributed by atoms with Crippen molar-refractivity contribution in [3.05, 3.63) is 35.6 Å². The zero-order chi connectivity index (χ0) is 15.2. The highest BCUT2D eigenvalue weighted by molar-refractivity contribution is 5.16. The summed E-state index contributed by atoms with van der Waals surface area (Å²) in [4.78, 5) is 2.46. The lowest BCUT2D eigenvalue weighted by Gasteiger charge is -2.36. The maximum Gasteiger partial charge on any atom is 0.123 e. The molecule has 2 atom stereocenters. The normalized spacial score (nSPS) is 21.7. The molecule has 0 spiro atoms. The van der Waals surface area contributed by atoms with E-state index in [0.717, 1.165) is 38.2 Å². The molecule has 2 unspecified atom stereocenters. The van der Waals surface area contributed by atoms with E-state index in [2.05, 4.69) is 31.0 Å². The monoisotopic (exact) mass is 294 g/mol. The average Bonchev–Trinajstić information content (AvgIpc) is 2.48. The van der Waals surface area contributed by atoms with Crippen molar-refractivity contribution >= 4 is 0 Å². The second kappa shape index (κ2) is 7.87. The molecule has 0 bridgehead atoms. The van der Waals surface area contributed by atoms with Crippen molar-refractivity contribution in [3.8, 4) is 0 Å². The Morgan fingerprint density at radius 2 is 2.00 bits per heavy atom. The van der Waals surface area contributed by atoms with Crippen molar-refractivity contribution in [2.24, 2.45) is 0 Å². The van der Waals surface area contributed by atoms with Crippen LogP contribution in [-0.4, -0.2) is 49.3 Å². The van der Waals surface area contributed by atoms with Gasteiger partial charge < -0.3 is 10.1 Å². The molecule has 2 rings (SSSR count). The van der Waals surface area contributed by atoms with Gasteiger partial charge in [-0.15, -0.1) is 0 Å². The van der Waals surface area contributed by atoms with Crippen LogP contribution >= 0.6 is 0 Å². The Balaban J connectivity index is 1.73. The molecule has 0 amide bonds. The van der Waals surface area contributed by atoms with E-state index >= 15 is 0 Å². The molecule has 1 saturated heterocycles. The number of rotatable bonds is 6. The van der Waals surface area contributed by atoms with E-state index in [0.29, 0.717) is 12.1 Å². The number of halogens is 1. The molecule has 0 radical (unpaired) electrons. The first kappa shape index (κ1) is 16.4. The fraction of sp³-hybridized carbons (Fsp3) is 0.647. The molecule has 118 valence electrons. The Kier molecular flexibility index (Phi) is 6.15. The third-order valence-electron chi connectivity index (χ3n) is 4.05. The van der Waals surface area contributed by atoms with Gasteiger partial charge in [0.1, 0.15) is 5.82 Å². The molecule has 0 aliphatic carbocycles. The van der Waals surface area contributed by atoms with Gasteiger partial charge in [0.25, 0.3) is 0 Å². The number of ether oxygens (including phenoxy) is 1. The number of nitrogens with one attached hydrogen (secondary N) is 1. The molecule has 1 heterocycles. The van der Waals surface area contributed by atoms with Crippen LogP contribution in [0.3, 0.4) is 0 Å². The minimum Gasteiger partial charge on any atom is -0.374 e. The van der Waals surface area contributed by atoms with Gasteiger partial charge in [-0.25, -0.2) is 4.39 Å². The first-order chi connectivity index (χ1) is 10.0. The van der Waals surface area contributed by atoms with Gasteiger partial charge in [0.2, 0.25) is 0 Å². The molecule has 1 aromatic carbocycles. The molecule has 1 N–H and O–H groups in total. The van der Waals surface area contributed by atoms with Crippen LogP contribution in [0, 0.1) is 5.82 Å². The van der Waals surface area contributed by atoms with Gasteiger partial charge in [0.15, 0.2) is 0 Å². The summed E-state index contributed by atoms with van der Waals surface area (Å²) >= 11 is 0. The van der Waals surface area contributed by atoms with Crippen LogP contribution in [-0.2, 0) is 11.2 Å².